The van der Waals surface area contributed by atoms with Crippen LogP contribution in [0.5, 0.6) is 17.4 Å². The van der Waals surface area contributed by atoms with Gasteiger partial charge in [0.15, 0.2) is 0 Å². The van der Waals surface area contributed by atoms with E-state index in [1.807, 2.05) is 42.5 Å². The number of nitrogens with one attached hydrogen (secondary N) is 1. The van der Waals surface area contributed by atoms with Gasteiger partial charge in [0.05, 0.1) is 19.0 Å². The Morgan fingerprint density at radius 1 is 1.04 bits per heavy atom. The van der Waals surface area contributed by atoms with Crippen LogP contribution in [0.25, 0.3) is 0 Å². The molecule has 27 heavy (non-hydrogen) atoms. The van der Waals surface area contributed by atoms with Crippen LogP contribution < -0.4 is 20.5 Å². The molecule has 0 fully saturated rings. The number of aromatic nitrogens is 1. The fourth-order valence-electron chi connectivity index (χ4n) is 2.33. The lowest BCUT2D eigenvalue weighted by Crippen LogP contribution is -2.27. The van der Waals surface area contributed by atoms with Gasteiger partial charge >= 0.3 is 0 Å². The van der Waals surface area contributed by atoms with E-state index in [1.54, 1.807) is 31.4 Å². The molecule has 3 N–H and O–H groups in total. The quantitative estimate of drug-likeness (QED) is 0.671. The van der Waals surface area contributed by atoms with E-state index in [-0.39, 0.29) is 18.3 Å². The summed E-state index contributed by atoms with van der Waals surface area (Å²) in [5.41, 5.74) is 7.26. The number of carbonyl (C=O) groups excluding carboxylic acids is 1. The molecule has 0 saturated heterocycles. The molecule has 0 aliphatic carbocycles. The smallest absolute Gasteiger partial charge is 0.245 e. The van der Waals surface area contributed by atoms with Crippen LogP contribution in [0.1, 0.15) is 11.6 Å². The number of pyridine rings is 1. The molecule has 140 valence electrons. The van der Waals surface area contributed by atoms with Gasteiger partial charge < -0.3 is 20.5 Å². The molecule has 3 aromatic rings. The Hall–Kier alpha value is -3.09. The summed E-state index contributed by atoms with van der Waals surface area (Å²) in [6.45, 7) is 0. The zero-order chi connectivity index (χ0) is 18.4. The van der Waals surface area contributed by atoms with Gasteiger partial charge in [-0.3, -0.25) is 4.79 Å². The summed E-state index contributed by atoms with van der Waals surface area (Å²) in [7, 11) is 1.59. The van der Waals surface area contributed by atoms with Crippen molar-refractivity contribution in [2.45, 2.75) is 6.04 Å². The van der Waals surface area contributed by atoms with Crippen LogP contribution in [0, 0.1) is 0 Å². The van der Waals surface area contributed by atoms with Gasteiger partial charge in [0.2, 0.25) is 11.8 Å². The highest BCUT2D eigenvalue weighted by molar-refractivity contribution is 5.95. The molecular formula is C20H20ClN3O3. The molecule has 1 amide bonds. The molecule has 7 heteroatoms. The van der Waals surface area contributed by atoms with Crippen molar-refractivity contribution in [2.24, 2.45) is 5.73 Å². The normalized spacial score (nSPS) is 11.0. The fraction of sp³-hybridized carbons (Fsp3) is 0.100. The maximum absolute atomic E-state index is 12.3. The van der Waals surface area contributed by atoms with E-state index in [0.717, 1.165) is 5.56 Å². The average molecular weight is 386 g/mol. The van der Waals surface area contributed by atoms with Gasteiger partial charge in [-0.05, 0) is 23.8 Å². The maximum Gasteiger partial charge on any atom is 0.245 e. The van der Waals surface area contributed by atoms with Gasteiger partial charge in [0, 0.05) is 12.1 Å². The summed E-state index contributed by atoms with van der Waals surface area (Å²) in [4.78, 5) is 16.4. The van der Waals surface area contributed by atoms with E-state index in [4.69, 9.17) is 15.2 Å². The van der Waals surface area contributed by atoms with Gasteiger partial charge in [-0.2, -0.15) is 0 Å². The second kappa shape index (κ2) is 9.56. The van der Waals surface area contributed by atoms with Crippen molar-refractivity contribution < 1.29 is 14.3 Å². The van der Waals surface area contributed by atoms with Crippen molar-refractivity contribution in [1.29, 1.82) is 0 Å². The monoisotopic (exact) mass is 385 g/mol. The van der Waals surface area contributed by atoms with Crippen LogP contribution >= 0.6 is 12.4 Å². The van der Waals surface area contributed by atoms with Gasteiger partial charge in [-0.25, -0.2) is 4.98 Å². The number of nitrogens with two attached hydrogens (primary N) is 1. The first kappa shape index (κ1) is 20.2. The summed E-state index contributed by atoms with van der Waals surface area (Å²) < 4.78 is 10.8. The van der Waals surface area contributed by atoms with E-state index in [0.29, 0.717) is 23.1 Å². The third-order valence-corrected chi connectivity index (χ3v) is 3.71. The van der Waals surface area contributed by atoms with Crippen molar-refractivity contribution in [3.63, 3.8) is 0 Å². The molecule has 0 aliphatic rings. The molecule has 0 unspecified atom stereocenters. The van der Waals surface area contributed by atoms with Crippen LogP contribution in [0.2, 0.25) is 0 Å². The standard InChI is InChI=1S/C20H19N3O3.ClH/c1-25-16-8-5-9-17(12-16)26-18-11-10-15(13-22-18)23-20(24)19(21)14-6-3-2-4-7-14;/h2-13,19H,21H2,1H3,(H,23,24);1H/t19-;/m1./s1. The van der Waals surface area contributed by atoms with Gasteiger partial charge in [-0.15, -0.1) is 12.4 Å². The lowest BCUT2D eigenvalue weighted by Gasteiger charge is -2.12. The Labute approximate surface area is 163 Å². The summed E-state index contributed by atoms with van der Waals surface area (Å²) in [5.74, 6) is 1.41. The number of hydrogen-bond acceptors (Lipinski definition) is 5. The van der Waals surface area contributed by atoms with Crippen LogP contribution in [-0.4, -0.2) is 18.0 Å². The molecule has 6 nitrogen and oxygen atoms in total. The van der Waals surface area contributed by atoms with Gasteiger partial charge in [0.25, 0.3) is 0 Å². The third-order valence-electron chi connectivity index (χ3n) is 3.71. The predicted octanol–water partition coefficient (Wildman–Crippen LogP) is 3.94. The number of amides is 1. The number of hydrogen-bond donors (Lipinski definition) is 2. The van der Waals surface area contributed by atoms with E-state index in [9.17, 15) is 4.79 Å². The van der Waals surface area contributed by atoms with Gasteiger partial charge in [0.1, 0.15) is 17.5 Å². The minimum absolute atomic E-state index is 0. The second-order valence-electron chi connectivity index (χ2n) is 5.54. The van der Waals surface area contributed by atoms with Crippen LogP contribution in [-0.2, 0) is 4.79 Å². The van der Waals surface area contributed by atoms with Crippen LogP contribution in [0.15, 0.2) is 72.9 Å². The minimum atomic E-state index is -0.746. The molecule has 0 saturated carbocycles. The molecular weight excluding hydrogens is 366 g/mol. The van der Waals surface area contributed by atoms with E-state index < -0.39 is 6.04 Å². The number of anilines is 1. The van der Waals surface area contributed by atoms with Crippen LogP contribution in [0.3, 0.4) is 0 Å². The lowest BCUT2D eigenvalue weighted by molar-refractivity contribution is -0.117. The highest BCUT2D eigenvalue weighted by Crippen LogP contribution is 2.24. The highest BCUT2D eigenvalue weighted by Gasteiger charge is 2.15. The summed E-state index contributed by atoms with van der Waals surface area (Å²) in [6.07, 6.45) is 1.52. The number of benzene rings is 2. The molecule has 0 spiro atoms. The van der Waals surface area contributed by atoms with E-state index >= 15 is 0 Å². The average Bonchev–Trinajstić information content (AvgIpc) is 2.69. The summed E-state index contributed by atoms with van der Waals surface area (Å²) >= 11 is 0. The fourth-order valence-corrected chi connectivity index (χ4v) is 2.33. The summed E-state index contributed by atoms with van der Waals surface area (Å²) in [6, 6.07) is 19.0. The van der Waals surface area contributed by atoms with Crippen LogP contribution in [0.4, 0.5) is 5.69 Å². The number of nitrogens with zero attached hydrogens (tertiary/aromatic N) is 1. The Bertz CT molecular complexity index is 873. The number of halogens is 1. The molecule has 1 aromatic heterocycles. The Morgan fingerprint density at radius 3 is 2.44 bits per heavy atom. The van der Waals surface area contributed by atoms with Crippen molar-refractivity contribution in [3.05, 3.63) is 78.5 Å². The van der Waals surface area contributed by atoms with E-state index in [1.165, 1.54) is 6.20 Å². The first-order valence-corrected chi connectivity index (χ1v) is 8.05. The van der Waals surface area contributed by atoms with Gasteiger partial charge in [-0.1, -0.05) is 36.4 Å². The maximum atomic E-state index is 12.3. The number of rotatable bonds is 6. The lowest BCUT2D eigenvalue weighted by atomic mass is 10.1. The zero-order valence-corrected chi connectivity index (χ0v) is 15.5. The Kier molecular flexibility index (Phi) is 7.16. The Morgan fingerprint density at radius 2 is 1.78 bits per heavy atom. The van der Waals surface area contributed by atoms with Crippen molar-refractivity contribution in [2.75, 3.05) is 12.4 Å². The molecule has 1 atom stereocenters. The van der Waals surface area contributed by atoms with Crippen molar-refractivity contribution >= 4 is 24.0 Å². The molecule has 2 aromatic carbocycles. The highest BCUT2D eigenvalue weighted by atomic mass is 35.5. The number of ether oxygens (including phenoxy) is 2. The molecule has 3 rings (SSSR count). The number of carbonyl (C=O) groups is 1. The molecule has 0 bridgehead atoms. The van der Waals surface area contributed by atoms with Crippen molar-refractivity contribution in [1.82, 2.24) is 4.98 Å². The second-order valence-corrected chi connectivity index (χ2v) is 5.54. The largest absolute Gasteiger partial charge is 0.497 e. The molecule has 1 heterocycles. The third kappa shape index (κ3) is 5.44. The molecule has 0 radical (unpaired) electrons. The Balaban J connectivity index is 0.00000261. The first-order chi connectivity index (χ1) is 12.7. The predicted molar refractivity (Wildman–Crippen MR) is 107 cm³/mol. The first-order valence-electron chi connectivity index (χ1n) is 8.05. The SMILES string of the molecule is COc1cccc(Oc2ccc(NC(=O)[C@H](N)c3ccccc3)cn2)c1.Cl. The van der Waals surface area contributed by atoms with Crippen molar-refractivity contribution in [3.8, 4) is 17.4 Å². The number of methoxy groups -OCH3 is 1. The molecule has 0 aliphatic heterocycles. The minimum Gasteiger partial charge on any atom is -0.497 e. The summed E-state index contributed by atoms with van der Waals surface area (Å²) in [5, 5.41) is 2.75. The topological polar surface area (TPSA) is 86.5 Å². The zero-order valence-electron chi connectivity index (χ0n) is 14.7. The van der Waals surface area contributed by atoms with E-state index in [2.05, 4.69) is 10.3 Å².